The quantitative estimate of drug-likeness (QED) is 0.831. The molecular weight excluding hydrogens is 326 g/mol. The first kappa shape index (κ1) is 17.0. The number of anilines is 2. The molecule has 4 heterocycles. The van der Waals surface area contributed by atoms with E-state index in [0.29, 0.717) is 6.04 Å². The van der Waals surface area contributed by atoms with Gasteiger partial charge in [0.05, 0.1) is 11.4 Å². The van der Waals surface area contributed by atoms with Crippen molar-refractivity contribution in [2.45, 2.75) is 32.9 Å². The minimum atomic E-state index is -0.154. The number of hydrogen-bond donors (Lipinski definition) is 0. The largest absolute Gasteiger partial charge is 0.340 e. The van der Waals surface area contributed by atoms with Crippen LogP contribution in [0.5, 0.6) is 0 Å². The summed E-state index contributed by atoms with van der Waals surface area (Å²) < 4.78 is 0. The maximum atomic E-state index is 13.0. The number of amides is 1. The average molecular weight is 351 g/mol. The Kier molecular flexibility index (Phi) is 4.15. The average Bonchev–Trinajstić information content (AvgIpc) is 2.65. The van der Waals surface area contributed by atoms with Crippen molar-refractivity contribution >= 4 is 17.4 Å². The smallest absolute Gasteiger partial charge is 0.250 e. The van der Waals surface area contributed by atoms with Crippen molar-refractivity contribution in [3.63, 3.8) is 0 Å². The third-order valence-corrected chi connectivity index (χ3v) is 5.52. The Morgan fingerprint density at radius 1 is 1.23 bits per heavy atom. The van der Waals surface area contributed by atoms with Crippen molar-refractivity contribution in [1.82, 2.24) is 14.9 Å². The Hall–Kier alpha value is -2.47. The van der Waals surface area contributed by atoms with Crippen molar-refractivity contribution in [2.75, 3.05) is 36.5 Å². The van der Waals surface area contributed by atoms with Gasteiger partial charge in [-0.15, -0.1) is 0 Å². The molecule has 0 aliphatic carbocycles. The minimum Gasteiger partial charge on any atom is -0.340 e. The molecular formula is C20H25N5O. The first-order valence-corrected chi connectivity index (χ1v) is 9.17. The second-order valence-electron chi connectivity index (χ2n) is 7.43. The Morgan fingerprint density at radius 3 is 2.77 bits per heavy atom. The molecule has 1 fully saturated rings. The zero-order chi connectivity index (χ0) is 18.4. The summed E-state index contributed by atoms with van der Waals surface area (Å²) in [6.07, 6.45) is 3.67. The summed E-state index contributed by atoms with van der Waals surface area (Å²) in [5.74, 6) is 1.04. The van der Waals surface area contributed by atoms with Crippen LogP contribution >= 0.6 is 0 Å². The van der Waals surface area contributed by atoms with E-state index < -0.39 is 0 Å². The lowest BCUT2D eigenvalue weighted by Crippen LogP contribution is -2.63. The lowest BCUT2D eigenvalue weighted by molar-refractivity contribution is -0.121. The number of carbonyl (C=O) groups excluding carboxylic acids is 1. The number of piperazine rings is 1. The molecule has 2 aliphatic heterocycles. The lowest BCUT2D eigenvalue weighted by Gasteiger charge is -2.47. The molecule has 0 N–H and O–H groups in total. The molecule has 1 atom stereocenters. The Balaban J connectivity index is 1.74. The van der Waals surface area contributed by atoms with Crippen LogP contribution in [0.15, 0.2) is 30.6 Å². The Labute approximate surface area is 154 Å². The Morgan fingerprint density at radius 2 is 2.04 bits per heavy atom. The SMILES string of the molecule is Cc1cccnc1-c1cnc2c(c1)N(C)C(=O)[C@H]1CN(C(C)C)CCN21. The van der Waals surface area contributed by atoms with Crippen molar-refractivity contribution in [2.24, 2.45) is 0 Å². The predicted octanol–water partition coefficient (Wildman–Crippen LogP) is 2.33. The standard InChI is InChI=1S/C20H25N5O/c1-13(2)24-8-9-25-17(12-24)20(26)23(4)16-10-15(11-22-19(16)25)18-14(3)6-5-7-21-18/h5-7,10-11,13,17H,8-9,12H2,1-4H3/t17-/m1/s1. The van der Waals surface area contributed by atoms with Gasteiger partial charge in [-0.3, -0.25) is 14.7 Å². The van der Waals surface area contributed by atoms with Crippen molar-refractivity contribution in [1.29, 1.82) is 0 Å². The van der Waals surface area contributed by atoms with Crippen molar-refractivity contribution in [3.8, 4) is 11.3 Å². The molecule has 2 aliphatic rings. The van der Waals surface area contributed by atoms with Crippen LogP contribution < -0.4 is 9.80 Å². The van der Waals surface area contributed by atoms with E-state index in [1.165, 1.54) is 0 Å². The van der Waals surface area contributed by atoms with Gasteiger partial charge in [-0.25, -0.2) is 4.98 Å². The molecule has 136 valence electrons. The van der Waals surface area contributed by atoms with Gasteiger partial charge in [-0.05, 0) is 38.5 Å². The second-order valence-corrected chi connectivity index (χ2v) is 7.43. The van der Waals surface area contributed by atoms with Crippen molar-refractivity contribution in [3.05, 3.63) is 36.2 Å². The van der Waals surface area contributed by atoms with Crippen LogP contribution in [0, 0.1) is 6.92 Å². The fourth-order valence-corrected chi connectivity index (χ4v) is 3.91. The van der Waals surface area contributed by atoms with Gasteiger partial charge < -0.3 is 9.80 Å². The van der Waals surface area contributed by atoms with E-state index in [-0.39, 0.29) is 11.9 Å². The van der Waals surface area contributed by atoms with Gasteiger partial charge in [0.15, 0.2) is 5.82 Å². The molecule has 1 amide bonds. The van der Waals surface area contributed by atoms with E-state index in [0.717, 1.165) is 48.0 Å². The fraction of sp³-hybridized carbons (Fsp3) is 0.450. The first-order chi connectivity index (χ1) is 12.5. The molecule has 0 spiro atoms. The van der Waals surface area contributed by atoms with E-state index in [2.05, 4.69) is 28.6 Å². The molecule has 0 saturated carbocycles. The van der Waals surface area contributed by atoms with E-state index in [1.807, 2.05) is 38.4 Å². The summed E-state index contributed by atoms with van der Waals surface area (Å²) in [7, 11) is 1.85. The molecule has 0 bridgehead atoms. The summed E-state index contributed by atoms with van der Waals surface area (Å²) in [5.41, 5.74) is 3.82. The van der Waals surface area contributed by atoms with E-state index in [4.69, 9.17) is 4.98 Å². The molecule has 0 unspecified atom stereocenters. The highest BCUT2D eigenvalue weighted by Crippen LogP contribution is 2.37. The van der Waals surface area contributed by atoms with Crippen LogP contribution in [0.2, 0.25) is 0 Å². The van der Waals surface area contributed by atoms with Crippen LogP contribution in [0.3, 0.4) is 0 Å². The normalized spacial score (nSPS) is 20.3. The predicted molar refractivity (Wildman–Crippen MR) is 103 cm³/mol. The molecule has 4 rings (SSSR count). The van der Waals surface area contributed by atoms with Gasteiger partial charge in [0.2, 0.25) is 0 Å². The van der Waals surface area contributed by atoms with E-state index >= 15 is 0 Å². The van der Waals surface area contributed by atoms with Crippen molar-refractivity contribution < 1.29 is 4.79 Å². The summed E-state index contributed by atoms with van der Waals surface area (Å²) in [6, 6.07) is 6.30. The molecule has 2 aromatic heterocycles. The third kappa shape index (κ3) is 2.65. The summed E-state index contributed by atoms with van der Waals surface area (Å²) in [6.45, 7) is 8.93. The monoisotopic (exact) mass is 351 g/mol. The van der Waals surface area contributed by atoms with Gasteiger partial charge in [-0.2, -0.15) is 0 Å². The number of likely N-dealkylation sites (N-methyl/N-ethyl adjacent to an activating group) is 1. The van der Waals surface area contributed by atoms with Gasteiger partial charge in [-0.1, -0.05) is 6.07 Å². The van der Waals surface area contributed by atoms with Gasteiger partial charge >= 0.3 is 0 Å². The van der Waals surface area contributed by atoms with Gasteiger partial charge in [0.25, 0.3) is 5.91 Å². The maximum absolute atomic E-state index is 13.0. The zero-order valence-electron chi connectivity index (χ0n) is 15.8. The van der Waals surface area contributed by atoms with E-state index in [9.17, 15) is 4.79 Å². The lowest BCUT2D eigenvalue weighted by atomic mass is 10.0. The molecule has 1 saturated heterocycles. The zero-order valence-corrected chi connectivity index (χ0v) is 15.8. The first-order valence-electron chi connectivity index (χ1n) is 9.17. The number of rotatable bonds is 2. The third-order valence-electron chi connectivity index (χ3n) is 5.52. The van der Waals surface area contributed by atoms with Gasteiger partial charge in [0, 0.05) is 50.7 Å². The van der Waals surface area contributed by atoms with E-state index in [1.54, 1.807) is 11.1 Å². The number of nitrogens with zero attached hydrogens (tertiary/aromatic N) is 5. The number of carbonyl (C=O) groups is 1. The number of aryl methyl sites for hydroxylation is 1. The molecule has 6 heteroatoms. The number of fused-ring (bicyclic) bond motifs is 3. The van der Waals surface area contributed by atoms with Crippen LogP contribution in [-0.4, -0.2) is 59.5 Å². The van der Waals surface area contributed by atoms with Crippen LogP contribution in [0.25, 0.3) is 11.3 Å². The molecule has 0 aromatic carbocycles. The summed E-state index contributed by atoms with van der Waals surface area (Å²) in [4.78, 5) is 28.6. The van der Waals surface area contributed by atoms with Gasteiger partial charge in [0.1, 0.15) is 6.04 Å². The topological polar surface area (TPSA) is 52.6 Å². The fourth-order valence-electron chi connectivity index (χ4n) is 3.91. The highest BCUT2D eigenvalue weighted by atomic mass is 16.2. The van der Waals surface area contributed by atoms with Crippen LogP contribution in [0.1, 0.15) is 19.4 Å². The summed E-state index contributed by atoms with van der Waals surface area (Å²) >= 11 is 0. The molecule has 26 heavy (non-hydrogen) atoms. The number of aromatic nitrogens is 2. The molecule has 2 aromatic rings. The summed E-state index contributed by atoms with van der Waals surface area (Å²) in [5, 5.41) is 0. The number of hydrogen-bond acceptors (Lipinski definition) is 5. The second kappa shape index (κ2) is 6.36. The molecule has 6 nitrogen and oxygen atoms in total. The maximum Gasteiger partial charge on any atom is 0.250 e. The number of pyridine rings is 2. The molecule has 0 radical (unpaired) electrons. The Bertz CT molecular complexity index is 850. The highest BCUT2D eigenvalue weighted by Gasteiger charge is 2.41. The minimum absolute atomic E-state index is 0.138. The van der Waals surface area contributed by atoms with Crippen LogP contribution in [0.4, 0.5) is 11.5 Å². The van der Waals surface area contributed by atoms with Crippen LogP contribution in [-0.2, 0) is 4.79 Å². The highest BCUT2D eigenvalue weighted by molar-refractivity contribution is 6.05.